The molecule has 0 saturated heterocycles. The third-order valence-corrected chi connectivity index (χ3v) is 3.43. The van der Waals surface area contributed by atoms with Crippen LogP contribution in [0.15, 0.2) is 18.2 Å². The van der Waals surface area contributed by atoms with Gasteiger partial charge < -0.3 is 9.47 Å². The second-order valence-corrected chi connectivity index (χ2v) is 5.19. The molecule has 6 heteroatoms. The quantitative estimate of drug-likeness (QED) is 0.487. The van der Waals surface area contributed by atoms with Crippen LogP contribution in [0.5, 0.6) is 11.5 Å². The molecule has 5 nitrogen and oxygen atoms in total. The Balaban J connectivity index is 2.13. The molecule has 0 atom stereocenters. The summed E-state index contributed by atoms with van der Waals surface area (Å²) in [6.07, 6.45) is 2.01. The smallest absolute Gasteiger partial charge is 0.314 e. The number of hydrogen-bond acceptors (Lipinski definition) is 4. The van der Waals surface area contributed by atoms with E-state index in [2.05, 4.69) is 15.9 Å². The predicted octanol–water partition coefficient (Wildman–Crippen LogP) is 2.91. The molecule has 1 aromatic rings. The van der Waals surface area contributed by atoms with Crippen molar-refractivity contribution in [3.05, 3.63) is 28.3 Å². The molecule has 1 aliphatic rings. The van der Waals surface area contributed by atoms with E-state index in [0.717, 1.165) is 12.8 Å². The number of methoxy groups -OCH3 is 1. The lowest BCUT2D eigenvalue weighted by Gasteiger charge is -2.31. The van der Waals surface area contributed by atoms with Gasteiger partial charge in [-0.2, -0.15) is 0 Å². The van der Waals surface area contributed by atoms with Crippen molar-refractivity contribution >= 4 is 21.6 Å². The molecule has 0 radical (unpaired) electrons. The van der Waals surface area contributed by atoms with Crippen LogP contribution in [-0.4, -0.2) is 23.0 Å². The first-order valence-corrected chi connectivity index (χ1v) is 6.15. The Kier molecular flexibility index (Phi) is 3.51. The van der Waals surface area contributed by atoms with Gasteiger partial charge in [0.05, 0.1) is 18.1 Å². The van der Waals surface area contributed by atoms with Gasteiger partial charge in [0.2, 0.25) is 0 Å². The minimum atomic E-state index is -0.472. The average molecular weight is 302 g/mol. The van der Waals surface area contributed by atoms with Gasteiger partial charge >= 0.3 is 5.69 Å². The van der Waals surface area contributed by atoms with Gasteiger partial charge in [-0.25, -0.2) is 0 Å². The van der Waals surface area contributed by atoms with Gasteiger partial charge in [0.15, 0.2) is 5.75 Å². The number of benzene rings is 1. The SMILES string of the molecule is COc1ccc(OC2CC(Br)C2)cc1[N+](=O)[O-]. The van der Waals surface area contributed by atoms with Crippen LogP contribution in [0.1, 0.15) is 12.8 Å². The third kappa shape index (κ3) is 2.69. The van der Waals surface area contributed by atoms with E-state index in [0.29, 0.717) is 10.6 Å². The highest BCUT2D eigenvalue weighted by molar-refractivity contribution is 9.09. The molecule has 0 aromatic heterocycles. The lowest BCUT2D eigenvalue weighted by molar-refractivity contribution is -0.385. The molecule has 2 rings (SSSR count). The summed E-state index contributed by atoms with van der Waals surface area (Å²) >= 11 is 3.47. The molecule has 0 aliphatic heterocycles. The van der Waals surface area contributed by atoms with E-state index in [1.165, 1.54) is 13.2 Å². The summed E-state index contributed by atoms with van der Waals surface area (Å²) in [6, 6.07) is 4.64. The highest BCUT2D eigenvalue weighted by atomic mass is 79.9. The average Bonchev–Trinajstić information content (AvgIpc) is 2.27. The van der Waals surface area contributed by atoms with Crippen molar-refractivity contribution in [1.82, 2.24) is 0 Å². The zero-order valence-electron chi connectivity index (χ0n) is 9.26. The standard InChI is InChI=1S/C11H12BrNO4/c1-16-11-3-2-8(6-10(11)13(14)15)17-9-4-7(12)5-9/h2-3,6-7,9H,4-5H2,1H3. The van der Waals surface area contributed by atoms with Crippen LogP contribution in [0.4, 0.5) is 5.69 Å². The highest BCUT2D eigenvalue weighted by Crippen LogP contribution is 2.35. The van der Waals surface area contributed by atoms with Crippen LogP contribution >= 0.6 is 15.9 Å². The summed E-state index contributed by atoms with van der Waals surface area (Å²) in [5, 5.41) is 10.8. The number of hydrogen-bond donors (Lipinski definition) is 0. The largest absolute Gasteiger partial charge is 0.490 e. The van der Waals surface area contributed by atoms with E-state index in [9.17, 15) is 10.1 Å². The molecule has 0 bridgehead atoms. The van der Waals surface area contributed by atoms with Gasteiger partial charge in [-0.05, 0) is 25.0 Å². The second kappa shape index (κ2) is 4.91. The zero-order valence-corrected chi connectivity index (χ0v) is 10.8. The Morgan fingerprint density at radius 3 is 2.71 bits per heavy atom. The molecule has 1 fully saturated rings. The predicted molar refractivity (Wildman–Crippen MR) is 66.0 cm³/mol. The van der Waals surface area contributed by atoms with E-state index >= 15 is 0 Å². The summed E-state index contributed by atoms with van der Waals surface area (Å²) in [5.41, 5.74) is -0.0697. The summed E-state index contributed by atoms with van der Waals surface area (Å²) in [6.45, 7) is 0. The fourth-order valence-corrected chi connectivity index (χ4v) is 2.51. The fourth-order valence-electron chi connectivity index (χ4n) is 1.68. The van der Waals surface area contributed by atoms with E-state index in [1.807, 2.05) is 0 Å². The maximum atomic E-state index is 10.8. The third-order valence-electron chi connectivity index (χ3n) is 2.69. The number of alkyl halides is 1. The molecule has 1 aromatic carbocycles. The number of ether oxygens (including phenoxy) is 2. The minimum Gasteiger partial charge on any atom is -0.490 e. The lowest BCUT2D eigenvalue weighted by atomic mass is 9.96. The van der Waals surface area contributed by atoms with E-state index in [1.54, 1.807) is 12.1 Å². The Morgan fingerprint density at radius 2 is 2.18 bits per heavy atom. The zero-order chi connectivity index (χ0) is 12.4. The second-order valence-electron chi connectivity index (χ2n) is 3.90. The van der Waals surface area contributed by atoms with E-state index in [-0.39, 0.29) is 17.5 Å². The Bertz CT molecular complexity index is 431. The molecule has 0 amide bonds. The number of nitrogens with zero attached hydrogens (tertiary/aromatic N) is 1. The molecule has 1 saturated carbocycles. The Hall–Kier alpha value is -1.30. The van der Waals surface area contributed by atoms with Crippen LogP contribution in [0.25, 0.3) is 0 Å². The van der Waals surface area contributed by atoms with Crippen molar-refractivity contribution in [3.8, 4) is 11.5 Å². The molecular formula is C11H12BrNO4. The minimum absolute atomic E-state index is 0.0697. The van der Waals surface area contributed by atoms with Crippen LogP contribution in [0, 0.1) is 10.1 Å². The number of nitro groups is 1. The van der Waals surface area contributed by atoms with Crippen molar-refractivity contribution in [3.63, 3.8) is 0 Å². The van der Waals surface area contributed by atoms with E-state index < -0.39 is 4.92 Å². The molecule has 0 unspecified atom stereocenters. The maximum Gasteiger partial charge on any atom is 0.314 e. The molecule has 92 valence electrons. The van der Waals surface area contributed by atoms with Crippen LogP contribution in [0.3, 0.4) is 0 Å². The van der Waals surface area contributed by atoms with Gasteiger partial charge in [0, 0.05) is 4.83 Å². The first-order valence-electron chi connectivity index (χ1n) is 5.23. The van der Waals surface area contributed by atoms with Crippen molar-refractivity contribution in [1.29, 1.82) is 0 Å². The molecule has 0 N–H and O–H groups in total. The van der Waals surface area contributed by atoms with Crippen LogP contribution in [0.2, 0.25) is 0 Å². The summed E-state index contributed by atoms with van der Waals surface area (Å²) in [7, 11) is 1.41. The summed E-state index contributed by atoms with van der Waals surface area (Å²) in [5.74, 6) is 0.760. The Morgan fingerprint density at radius 1 is 1.47 bits per heavy atom. The van der Waals surface area contributed by atoms with Crippen molar-refractivity contribution in [2.75, 3.05) is 7.11 Å². The van der Waals surface area contributed by atoms with Crippen LogP contribution in [-0.2, 0) is 0 Å². The number of halogens is 1. The highest BCUT2D eigenvalue weighted by Gasteiger charge is 2.29. The molecule has 1 aliphatic carbocycles. The lowest BCUT2D eigenvalue weighted by Crippen LogP contribution is -2.33. The number of nitro benzene ring substituents is 1. The number of rotatable bonds is 4. The summed E-state index contributed by atoms with van der Waals surface area (Å²) < 4.78 is 10.5. The van der Waals surface area contributed by atoms with Crippen LogP contribution < -0.4 is 9.47 Å². The van der Waals surface area contributed by atoms with E-state index in [4.69, 9.17) is 9.47 Å². The fraction of sp³-hybridized carbons (Fsp3) is 0.455. The van der Waals surface area contributed by atoms with Gasteiger partial charge in [-0.1, -0.05) is 15.9 Å². The summed E-state index contributed by atoms with van der Waals surface area (Å²) in [4.78, 5) is 10.8. The van der Waals surface area contributed by atoms with Crippen molar-refractivity contribution in [2.24, 2.45) is 0 Å². The van der Waals surface area contributed by atoms with Gasteiger partial charge in [0.1, 0.15) is 11.9 Å². The monoisotopic (exact) mass is 301 g/mol. The normalized spacial score (nSPS) is 22.7. The molecule has 0 heterocycles. The maximum absolute atomic E-state index is 10.8. The molecule has 0 spiro atoms. The first kappa shape index (κ1) is 12.2. The Labute approximate surface area is 107 Å². The van der Waals surface area contributed by atoms with Gasteiger partial charge in [0.25, 0.3) is 0 Å². The van der Waals surface area contributed by atoms with Crippen molar-refractivity contribution < 1.29 is 14.4 Å². The topological polar surface area (TPSA) is 61.6 Å². The first-order chi connectivity index (χ1) is 8.10. The molecule has 17 heavy (non-hydrogen) atoms. The van der Waals surface area contributed by atoms with Crippen molar-refractivity contribution in [2.45, 2.75) is 23.8 Å². The van der Waals surface area contributed by atoms with Gasteiger partial charge in [-0.3, -0.25) is 10.1 Å². The van der Waals surface area contributed by atoms with Gasteiger partial charge in [-0.15, -0.1) is 0 Å². The molecular weight excluding hydrogens is 290 g/mol.